The van der Waals surface area contributed by atoms with Crippen LogP contribution >= 0.6 is 15.9 Å². The van der Waals surface area contributed by atoms with Gasteiger partial charge in [-0.2, -0.15) is 0 Å². The van der Waals surface area contributed by atoms with E-state index in [1.807, 2.05) is 13.8 Å². The van der Waals surface area contributed by atoms with Gasteiger partial charge in [0.15, 0.2) is 0 Å². The fourth-order valence-corrected chi connectivity index (χ4v) is 3.04. The van der Waals surface area contributed by atoms with Crippen molar-refractivity contribution < 1.29 is 12.8 Å². The minimum atomic E-state index is -3.89. The molecule has 0 bridgehead atoms. The summed E-state index contributed by atoms with van der Waals surface area (Å²) in [7, 11) is -3.89. The minimum Gasteiger partial charge on any atom is -0.324 e. The van der Waals surface area contributed by atoms with Crippen molar-refractivity contribution in [1.29, 1.82) is 0 Å². The van der Waals surface area contributed by atoms with Crippen LogP contribution in [-0.4, -0.2) is 20.5 Å². The summed E-state index contributed by atoms with van der Waals surface area (Å²) in [6.07, 6.45) is 1.27. The molecule has 0 fully saturated rings. The van der Waals surface area contributed by atoms with Gasteiger partial charge in [0.05, 0.1) is 0 Å². The number of nitrogens with one attached hydrogen (secondary N) is 1. The number of hydrogen-bond acceptors (Lipinski definition) is 3. The molecule has 0 amide bonds. The van der Waals surface area contributed by atoms with Gasteiger partial charge in [-0.15, -0.1) is 0 Å². The molecular weight excluding hydrogens is 335 g/mol. The number of nitrogens with two attached hydrogens (primary N) is 1. The number of hydrogen-bond donors (Lipinski definition) is 2. The molecule has 0 saturated carbocycles. The fourth-order valence-electron chi connectivity index (χ4n) is 1.51. The van der Waals surface area contributed by atoms with Gasteiger partial charge in [0.2, 0.25) is 10.0 Å². The van der Waals surface area contributed by atoms with Gasteiger partial charge >= 0.3 is 0 Å². The third-order valence-corrected chi connectivity index (χ3v) is 5.13. The molecule has 108 valence electrons. The van der Waals surface area contributed by atoms with Crippen LogP contribution in [0.4, 0.5) is 4.39 Å². The highest BCUT2D eigenvalue weighted by atomic mass is 79.9. The van der Waals surface area contributed by atoms with E-state index in [1.165, 1.54) is 12.1 Å². The molecule has 0 aliphatic heterocycles. The number of rotatable bonds is 6. The summed E-state index contributed by atoms with van der Waals surface area (Å²) >= 11 is 3.08. The van der Waals surface area contributed by atoms with E-state index in [-0.39, 0.29) is 11.4 Å². The molecule has 0 heterocycles. The maximum atomic E-state index is 13.6. The van der Waals surface area contributed by atoms with Crippen LogP contribution < -0.4 is 10.5 Å². The van der Waals surface area contributed by atoms with Crippen LogP contribution in [0.3, 0.4) is 0 Å². The van der Waals surface area contributed by atoms with E-state index in [9.17, 15) is 12.8 Å². The SMILES string of the molecule is CCC(N)(CC)CNS(=O)(=O)c1ccc(Br)cc1F. The average Bonchev–Trinajstić information content (AvgIpc) is 2.35. The van der Waals surface area contributed by atoms with Crippen LogP contribution in [-0.2, 0) is 10.0 Å². The van der Waals surface area contributed by atoms with Crippen molar-refractivity contribution in [3.63, 3.8) is 0 Å². The Balaban J connectivity index is 2.93. The van der Waals surface area contributed by atoms with Crippen LogP contribution in [0, 0.1) is 5.82 Å². The van der Waals surface area contributed by atoms with Gasteiger partial charge in [-0.1, -0.05) is 29.8 Å². The lowest BCUT2D eigenvalue weighted by Gasteiger charge is -2.26. The lowest BCUT2D eigenvalue weighted by molar-refractivity contribution is 0.391. The first-order chi connectivity index (χ1) is 8.74. The smallest absolute Gasteiger partial charge is 0.243 e. The Morgan fingerprint density at radius 3 is 2.42 bits per heavy atom. The van der Waals surface area contributed by atoms with Gasteiger partial charge in [0.25, 0.3) is 0 Å². The fraction of sp³-hybridized carbons (Fsp3) is 0.500. The molecule has 0 atom stereocenters. The Labute approximate surface area is 121 Å². The summed E-state index contributed by atoms with van der Waals surface area (Å²) in [6, 6.07) is 3.81. The Kier molecular flexibility index (Phi) is 5.49. The maximum Gasteiger partial charge on any atom is 0.243 e. The zero-order valence-corrected chi connectivity index (χ0v) is 13.3. The molecular formula is C12H18BrFN2O2S. The van der Waals surface area contributed by atoms with E-state index >= 15 is 0 Å². The Bertz CT molecular complexity index is 545. The summed E-state index contributed by atoms with van der Waals surface area (Å²) in [5, 5.41) is 0. The topological polar surface area (TPSA) is 72.2 Å². The van der Waals surface area contributed by atoms with Crippen molar-refractivity contribution in [2.75, 3.05) is 6.54 Å². The van der Waals surface area contributed by atoms with E-state index in [1.54, 1.807) is 0 Å². The van der Waals surface area contributed by atoms with Gasteiger partial charge in [-0.05, 0) is 31.0 Å². The van der Waals surface area contributed by atoms with Gasteiger partial charge in [-0.3, -0.25) is 0 Å². The molecule has 1 rings (SSSR count). The maximum absolute atomic E-state index is 13.6. The third kappa shape index (κ3) is 4.24. The zero-order valence-electron chi connectivity index (χ0n) is 10.9. The molecule has 0 saturated heterocycles. The van der Waals surface area contributed by atoms with E-state index in [2.05, 4.69) is 20.7 Å². The highest BCUT2D eigenvalue weighted by molar-refractivity contribution is 9.10. The second kappa shape index (κ2) is 6.30. The molecule has 0 aromatic heterocycles. The van der Waals surface area contributed by atoms with Crippen molar-refractivity contribution in [1.82, 2.24) is 4.72 Å². The average molecular weight is 353 g/mol. The molecule has 0 aliphatic rings. The standard InChI is InChI=1S/C12H18BrFN2O2S/c1-3-12(15,4-2)8-16-19(17,18)11-6-5-9(13)7-10(11)14/h5-7,16H,3-4,8,15H2,1-2H3. The van der Waals surface area contributed by atoms with E-state index < -0.39 is 21.4 Å². The van der Waals surface area contributed by atoms with Gasteiger partial charge in [-0.25, -0.2) is 17.5 Å². The molecule has 7 heteroatoms. The summed E-state index contributed by atoms with van der Waals surface area (Å²) in [4.78, 5) is -0.370. The largest absolute Gasteiger partial charge is 0.324 e. The number of halogens is 2. The third-order valence-electron chi connectivity index (χ3n) is 3.21. The lowest BCUT2D eigenvalue weighted by Crippen LogP contribution is -2.49. The van der Waals surface area contributed by atoms with Gasteiger partial charge < -0.3 is 5.73 Å². The van der Waals surface area contributed by atoms with Crippen LogP contribution in [0.25, 0.3) is 0 Å². The normalized spacial score (nSPS) is 12.7. The quantitative estimate of drug-likeness (QED) is 0.825. The van der Waals surface area contributed by atoms with Crippen LogP contribution in [0.2, 0.25) is 0 Å². The molecule has 4 nitrogen and oxygen atoms in total. The monoisotopic (exact) mass is 352 g/mol. The van der Waals surface area contributed by atoms with Crippen LogP contribution in [0.1, 0.15) is 26.7 Å². The lowest BCUT2D eigenvalue weighted by atomic mass is 9.95. The minimum absolute atomic E-state index is 0.0812. The summed E-state index contributed by atoms with van der Waals surface area (Å²) < 4.78 is 40.5. The first-order valence-electron chi connectivity index (χ1n) is 5.97. The second-order valence-corrected chi connectivity index (χ2v) is 7.12. The molecule has 3 N–H and O–H groups in total. The van der Waals surface area contributed by atoms with E-state index in [0.29, 0.717) is 17.3 Å². The van der Waals surface area contributed by atoms with E-state index in [4.69, 9.17) is 5.73 Å². The van der Waals surface area contributed by atoms with Crippen molar-refractivity contribution in [3.05, 3.63) is 28.5 Å². The molecule has 0 radical (unpaired) electrons. The Hall–Kier alpha value is -0.500. The van der Waals surface area contributed by atoms with Crippen molar-refractivity contribution >= 4 is 26.0 Å². The predicted molar refractivity (Wildman–Crippen MR) is 76.8 cm³/mol. The first-order valence-corrected chi connectivity index (χ1v) is 8.25. The van der Waals surface area contributed by atoms with Crippen LogP contribution in [0.15, 0.2) is 27.6 Å². The predicted octanol–water partition coefficient (Wildman–Crippen LogP) is 2.38. The van der Waals surface area contributed by atoms with Crippen molar-refractivity contribution in [2.45, 2.75) is 37.1 Å². The van der Waals surface area contributed by atoms with Crippen molar-refractivity contribution in [3.8, 4) is 0 Å². The Morgan fingerprint density at radius 2 is 1.95 bits per heavy atom. The van der Waals surface area contributed by atoms with Crippen LogP contribution in [0.5, 0.6) is 0 Å². The van der Waals surface area contributed by atoms with E-state index in [0.717, 1.165) is 6.07 Å². The first kappa shape index (κ1) is 16.6. The molecule has 0 spiro atoms. The second-order valence-electron chi connectivity index (χ2n) is 4.47. The van der Waals surface area contributed by atoms with Crippen molar-refractivity contribution in [2.24, 2.45) is 5.73 Å². The highest BCUT2D eigenvalue weighted by Gasteiger charge is 2.25. The summed E-state index contributed by atoms with van der Waals surface area (Å²) in [5.74, 6) is -0.794. The molecule has 1 aromatic carbocycles. The highest BCUT2D eigenvalue weighted by Crippen LogP contribution is 2.20. The zero-order chi connectivity index (χ0) is 14.7. The number of sulfonamides is 1. The van der Waals surface area contributed by atoms with Gasteiger partial charge in [0, 0.05) is 16.6 Å². The van der Waals surface area contributed by atoms with Gasteiger partial charge in [0.1, 0.15) is 10.7 Å². The summed E-state index contributed by atoms with van der Waals surface area (Å²) in [5.41, 5.74) is 5.40. The molecule has 0 aliphatic carbocycles. The summed E-state index contributed by atoms with van der Waals surface area (Å²) in [6.45, 7) is 3.86. The number of benzene rings is 1. The Morgan fingerprint density at radius 1 is 1.37 bits per heavy atom. The molecule has 1 aromatic rings. The molecule has 0 unspecified atom stereocenters. The molecule has 19 heavy (non-hydrogen) atoms.